The Morgan fingerprint density at radius 3 is 2.88 bits per heavy atom. The van der Waals surface area contributed by atoms with Crippen LogP contribution in [0, 0.1) is 19.8 Å². The number of ether oxygens (including phenoxy) is 1. The van der Waals surface area contributed by atoms with Crippen molar-refractivity contribution in [3.63, 3.8) is 0 Å². The first-order valence-electron chi connectivity index (χ1n) is 6.37. The van der Waals surface area contributed by atoms with Crippen molar-refractivity contribution in [3.8, 4) is 0 Å². The molecule has 0 saturated heterocycles. The SMILES string of the molecule is Cc1ncc(NCCCOCC2CC2)nc1C. The highest BCUT2D eigenvalue weighted by Crippen LogP contribution is 2.28. The maximum atomic E-state index is 5.56. The standard InChI is InChI=1S/C13H21N3O/c1-10-11(2)16-13(8-15-10)14-6-3-7-17-9-12-4-5-12/h8,12H,3-7,9H2,1-2H3,(H,14,16). The molecule has 4 heteroatoms. The van der Waals surface area contributed by atoms with Crippen LogP contribution in [0.1, 0.15) is 30.7 Å². The minimum atomic E-state index is 0.835. The average Bonchev–Trinajstić information content (AvgIpc) is 3.12. The molecule has 1 aromatic heterocycles. The second kappa shape index (κ2) is 5.96. The van der Waals surface area contributed by atoms with Crippen molar-refractivity contribution in [2.24, 2.45) is 5.92 Å². The maximum Gasteiger partial charge on any atom is 0.144 e. The Bertz CT molecular complexity index is 364. The van der Waals surface area contributed by atoms with E-state index >= 15 is 0 Å². The van der Waals surface area contributed by atoms with E-state index in [0.29, 0.717) is 0 Å². The first kappa shape index (κ1) is 12.3. The maximum absolute atomic E-state index is 5.56. The van der Waals surface area contributed by atoms with Crippen molar-refractivity contribution in [1.29, 1.82) is 0 Å². The molecule has 1 aliphatic carbocycles. The Kier molecular flexibility index (Phi) is 4.31. The monoisotopic (exact) mass is 235 g/mol. The lowest BCUT2D eigenvalue weighted by Gasteiger charge is -2.07. The summed E-state index contributed by atoms with van der Waals surface area (Å²) in [4.78, 5) is 8.68. The van der Waals surface area contributed by atoms with E-state index in [4.69, 9.17) is 4.74 Å². The third kappa shape index (κ3) is 4.30. The molecule has 0 unspecified atom stereocenters. The van der Waals surface area contributed by atoms with Gasteiger partial charge in [-0.3, -0.25) is 4.98 Å². The number of hydrogen-bond donors (Lipinski definition) is 1. The molecular weight excluding hydrogens is 214 g/mol. The van der Waals surface area contributed by atoms with Crippen LogP contribution in [-0.4, -0.2) is 29.7 Å². The fraction of sp³-hybridized carbons (Fsp3) is 0.692. The van der Waals surface area contributed by atoms with Crippen LogP contribution in [0.5, 0.6) is 0 Å². The van der Waals surface area contributed by atoms with Gasteiger partial charge < -0.3 is 10.1 Å². The molecule has 1 fully saturated rings. The summed E-state index contributed by atoms with van der Waals surface area (Å²) in [5.74, 6) is 1.71. The van der Waals surface area contributed by atoms with E-state index in [-0.39, 0.29) is 0 Å². The van der Waals surface area contributed by atoms with Crippen LogP contribution in [0.3, 0.4) is 0 Å². The number of aryl methyl sites for hydroxylation is 2. The lowest BCUT2D eigenvalue weighted by molar-refractivity contribution is 0.124. The highest BCUT2D eigenvalue weighted by molar-refractivity contribution is 5.32. The molecule has 0 bridgehead atoms. The fourth-order valence-electron chi connectivity index (χ4n) is 1.55. The van der Waals surface area contributed by atoms with Gasteiger partial charge in [0.25, 0.3) is 0 Å². The molecule has 1 N–H and O–H groups in total. The summed E-state index contributed by atoms with van der Waals surface area (Å²) in [5.41, 5.74) is 1.98. The zero-order chi connectivity index (χ0) is 12.1. The van der Waals surface area contributed by atoms with Crippen LogP contribution < -0.4 is 5.32 Å². The highest BCUT2D eigenvalue weighted by Gasteiger charge is 2.20. The minimum Gasteiger partial charge on any atom is -0.381 e. The summed E-state index contributed by atoms with van der Waals surface area (Å²) in [6.45, 7) is 6.62. The van der Waals surface area contributed by atoms with Crippen molar-refractivity contribution < 1.29 is 4.74 Å². The minimum absolute atomic E-state index is 0.835. The van der Waals surface area contributed by atoms with Crippen molar-refractivity contribution in [2.45, 2.75) is 33.1 Å². The zero-order valence-corrected chi connectivity index (χ0v) is 10.7. The molecular formula is C13H21N3O. The Morgan fingerprint density at radius 2 is 2.18 bits per heavy atom. The molecule has 1 aliphatic rings. The third-order valence-electron chi connectivity index (χ3n) is 3.01. The summed E-state index contributed by atoms with van der Waals surface area (Å²) in [6.07, 6.45) is 5.52. The Morgan fingerprint density at radius 1 is 1.35 bits per heavy atom. The number of nitrogens with zero attached hydrogens (tertiary/aromatic N) is 2. The number of aromatic nitrogens is 2. The highest BCUT2D eigenvalue weighted by atomic mass is 16.5. The van der Waals surface area contributed by atoms with Gasteiger partial charge in [0.05, 0.1) is 17.6 Å². The van der Waals surface area contributed by atoms with Crippen molar-refractivity contribution in [2.75, 3.05) is 25.1 Å². The summed E-state index contributed by atoms with van der Waals surface area (Å²) < 4.78 is 5.56. The van der Waals surface area contributed by atoms with E-state index in [9.17, 15) is 0 Å². The molecule has 0 amide bonds. The molecule has 0 atom stereocenters. The predicted molar refractivity (Wildman–Crippen MR) is 68.2 cm³/mol. The fourth-order valence-corrected chi connectivity index (χ4v) is 1.55. The molecule has 0 spiro atoms. The molecule has 1 heterocycles. The van der Waals surface area contributed by atoms with E-state index in [0.717, 1.165) is 49.3 Å². The van der Waals surface area contributed by atoms with Gasteiger partial charge in [-0.25, -0.2) is 4.98 Å². The van der Waals surface area contributed by atoms with Crippen LogP contribution in [0.25, 0.3) is 0 Å². The van der Waals surface area contributed by atoms with Gasteiger partial charge in [0.2, 0.25) is 0 Å². The van der Waals surface area contributed by atoms with E-state index in [1.54, 1.807) is 6.20 Å². The summed E-state index contributed by atoms with van der Waals surface area (Å²) >= 11 is 0. The summed E-state index contributed by atoms with van der Waals surface area (Å²) in [5, 5.41) is 3.26. The molecule has 17 heavy (non-hydrogen) atoms. The van der Waals surface area contributed by atoms with Crippen molar-refractivity contribution in [3.05, 3.63) is 17.6 Å². The van der Waals surface area contributed by atoms with Gasteiger partial charge in [-0.05, 0) is 39.0 Å². The lowest BCUT2D eigenvalue weighted by Crippen LogP contribution is -2.09. The van der Waals surface area contributed by atoms with Crippen molar-refractivity contribution >= 4 is 5.82 Å². The third-order valence-corrected chi connectivity index (χ3v) is 3.01. The van der Waals surface area contributed by atoms with Crippen LogP contribution in [0.15, 0.2) is 6.20 Å². The molecule has 4 nitrogen and oxygen atoms in total. The van der Waals surface area contributed by atoms with Crippen LogP contribution in [-0.2, 0) is 4.74 Å². The number of anilines is 1. The van der Waals surface area contributed by atoms with E-state index in [2.05, 4.69) is 15.3 Å². The van der Waals surface area contributed by atoms with Gasteiger partial charge in [-0.1, -0.05) is 0 Å². The lowest BCUT2D eigenvalue weighted by atomic mass is 10.3. The summed E-state index contributed by atoms with van der Waals surface area (Å²) in [7, 11) is 0. The molecule has 1 saturated carbocycles. The Labute approximate surface area is 103 Å². The van der Waals surface area contributed by atoms with E-state index < -0.39 is 0 Å². The quantitative estimate of drug-likeness (QED) is 0.737. The molecule has 1 aromatic rings. The second-order valence-corrected chi connectivity index (χ2v) is 4.72. The number of rotatable bonds is 7. The van der Waals surface area contributed by atoms with Gasteiger partial charge >= 0.3 is 0 Å². The second-order valence-electron chi connectivity index (χ2n) is 4.72. The first-order chi connectivity index (χ1) is 8.25. The molecule has 0 radical (unpaired) electrons. The predicted octanol–water partition coefficient (Wildman–Crippen LogP) is 2.32. The van der Waals surface area contributed by atoms with Crippen LogP contribution >= 0.6 is 0 Å². The summed E-state index contributed by atoms with van der Waals surface area (Å²) in [6, 6.07) is 0. The van der Waals surface area contributed by atoms with Gasteiger partial charge in [0.1, 0.15) is 5.82 Å². The van der Waals surface area contributed by atoms with E-state index in [1.807, 2.05) is 13.8 Å². The van der Waals surface area contributed by atoms with Gasteiger partial charge in [0, 0.05) is 19.8 Å². The topological polar surface area (TPSA) is 47.0 Å². The molecule has 2 rings (SSSR count). The average molecular weight is 235 g/mol. The van der Waals surface area contributed by atoms with Gasteiger partial charge in [-0.15, -0.1) is 0 Å². The first-order valence-corrected chi connectivity index (χ1v) is 6.37. The van der Waals surface area contributed by atoms with Crippen molar-refractivity contribution in [1.82, 2.24) is 9.97 Å². The number of nitrogens with one attached hydrogen (secondary N) is 1. The van der Waals surface area contributed by atoms with Gasteiger partial charge in [-0.2, -0.15) is 0 Å². The Hall–Kier alpha value is -1.16. The normalized spacial score (nSPS) is 14.9. The van der Waals surface area contributed by atoms with Crippen LogP contribution in [0.4, 0.5) is 5.82 Å². The van der Waals surface area contributed by atoms with Crippen LogP contribution in [0.2, 0.25) is 0 Å². The zero-order valence-electron chi connectivity index (χ0n) is 10.7. The van der Waals surface area contributed by atoms with Gasteiger partial charge in [0.15, 0.2) is 0 Å². The van der Waals surface area contributed by atoms with E-state index in [1.165, 1.54) is 12.8 Å². The molecule has 0 aromatic carbocycles. The Balaban J connectivity index is 1.58. The number of hydrogen-bond acceptors (Lipinski definition) is 4. The smallest absolute Gasteiger partial charge is 0.144 e. The molecule has 0 aliphatic heterocycles. The largest absolute Gasteiger partial charge is 0.381 e. The molecule has 94 valence electrons.